The van der Waals surface area contributed by atoms with E-state index in [0.29, 0.717) is 23.3 Å². The van der Waals surface area contributed by atoms with Crippen LogP contribution in [0.1, 0.15) is 36.2 Å². The molecule has 23 heavy (non-hydrogen) atoms. The number of carbonyl (C=O) groups excluding carboxylic acids is 1. The number of thioether (sulfide) groups is 1. The fraction of sp³-hybridized carbons (Fsp3) is 0.412. The maximum atomic E-state index is 12.1. The summed E-state index contributed by atoms with van der Waals surface area (Å²) in [6.07, 6.45) is 2.26. The van der Waals surface area contributed by atoms with Crippen molar-refractivity contribution < 1.29 is 19.8 Å². The highest BCUT2D eigenvalue weighted by Crippen LogP contribution is 2.07. The van der Waals surface area contributed by atoms with Crippen LogP contribution in [0.5, 0.6) is 0 Å². The Bertz CT molecular complexity index is 608. The molecular formula is C17H21NO4S. The number of aliphatic carboxylic acids is 1. The third-order valence-corrected chi connectivity index (χ3v) is 3.52. The second kappa shape index (κ2) is 8.61. The van der Waals surface area contributed by atoms with Crippen LogP contribution >= 0.6 is 11.8 Å². The number of hydrogen-bond acceptors (Lipinski definition) is 4. The first-order valence-corrected chi connectivity index (χ1v) is 8.50. The maximum Gasteiger partial charge on any atom is 0.326 e. The number of carbonyl (C=O) groups is 2. The van der Waals surface area contributed by atoms with E-state index in [1.807, 2.05) is 6.26 Å². The largest absolute Gasteiger partial charge is 0.480 e. The van der Waals surface area contributed by atoms with Crippen molar-refractivity contribution in [1.29, 1.82) is 0 Å². The Morgan fingerprint density at radius 3 is 2.39 bits per heavy atom. The van der Waals surface area contributed by atoms with Crippen LogP contribution in [0, 0.1) is 11.8 Å². The van der Waals surface area contributed by atoms with Gasteiger partial charge in [0.05, 0.1) is 0 Å². The zero-order valence-electron chi connectivity index (χ0n) is 13.4. The summed E-state index contributed by atoms with van der Waals surface area (Å²) in [6.45, 7) is 3.17. The van der Waals surface area contributed by atoms with Crippen molar-refractivity contribution in [3.63, 3.8) is 0 Å². The number of carboxylic acid groups (broad SMARTS) is 1. The van der Waals surface area contributed by atoms with Gasteiger partial charge in [0.25, 0.3) is 5.91 Å². The van der Waals surface area contributed by atoms with Crippen LogP contribution in [0.4, 0.5) is 0 Å². The zero-order valence-corrected chi connectivity index (χ0v) is 14.2. The number of amides is 1. The van der Waals surface area contributed by atoms with E-state index in [0.717, 1.165) is 0 Å². The first kappa shape index (κ1) is 19.1. The van der Waals surface area contributed by atoms with Gasteiger partial charge in [-0.25, -0.2) is 4.79 Å². The Labute approximate surface area is 140 Å². The number of rotatable bonds is 6. The summed E-state index contributed by atoms with van der Waals surface area (Å²) < 4.78 is 0. The molecule has 124 valence electrons. The summed E-state index contributed by atoms with van der Waals surface area (Å²) in [4.78, 5) is 23.2. The molecule has 0 fully saturated rings. The Morgan fingerprint density at radius 1 is 1.30 bits per heavy atom. The lowest BCUT2D eigenvalue weighted by atomic mass is 10.1. The van der Waals surface area contributed by atoms with Gasteiger partial charge in [-0.3, -0.25) is 4.79 Å². The van der Waals surface area contributed by atoms with Gasteiger partial charge in [0.2, 0.25) is 0 Å². The Hall–Kier alpha value is -1.97. The van der Waals surface area contributed by atoms with Crippen LogP contribution in [-0.2, 0) is 4.79 Å². The standard InChI is InChI=1S/C17H21NO4S/c1-17(2,22)10-8-12-4-6-13(7-5-12)15(19)18-14(16(20)21)9-11-23-3/h4-7,14,22H,9,11H2,1-3H3,(H,18,19)(H,20,21)/t14-/m0/s1. The molecule has 0 saturated carbocycles. The summed E-state index contributed by atoms with van der Waals surface area (Å²) in [5, 5.41) is 21.2. The second-order valence-electron chi connectivity index (χ2n) is 5.53. The molecule has 1 rings (SSSR count). The van der Waals surface area contributed by atoms with Crippen molar-refractivity contribution in [2.45, 2.75) is 31.9 Å². The lowest BCUT2D eigenvalue weighted by Crippen LogP contribution is -2.41. The van der Waals surface area contributed by atoms with Crippen LogP contribution in [0.15, 0.2) is 24.3 Å². The van der Waals surface area contributed by atoms with Gasteiger partial charge in [-0.15, -0.1) is 0 Å². The first-order chi connectivity index (χ1) is 10.7. The molecule has 1 atom stereocenters. The molecule has 0 spiro atoms. The smallest absolute Gasteiger partial charge is 0.326 e. The Kier molecular flexibility index (Phi) is 7.14. The van der Waals surface area contributed by atoms with Gasteiger partial charge in [-0.05, 0) is 56.5 Å². The third kappa shape index (κ3) is 7.22. The number of aliphatic hydroxyl groups is 1. The molecule has 3 N–H and O–H groups in total. The minimum absolute atomic E-state index is 0.370. The molecule has 6 heteroatoms. The molecule has 0 aromatic heterocycles. The molecule has 0 aliphatic carbocycles. The molecule has 1 aromatic carbocycles. The van der Waals surface area contributed by atoms with E-state index in [1.54, 1.807) is 38.1 Å². The van der Waals surface area contributed by atoms with Gasteiger partial charge in [0.1, 0.15) is 11.6 Å². The topological polar surface area (TPSA) is 86.6 Å². The van der Waals surface area contributed by atoms with Crippen LogP contribution < -0.4 is 5.32 Å². The highest BCUT2D eigenvalue weighted by atomic mass is 32.2. The Balaban J connectivity index is 2.76. The number of nitrogens with one attached hydrogen (secondary N) is 1. The normalized spacial score (nSPS) is 12.0. The predicted molar refractivity (Wildman–Crippen MR) is 91.5 cm³/mol. The van der Waals surface area contributed by atoms with Crippen molar-refractivity contribution in [2.75, 3.05) is 12.0 Å². The van der Waals surface area contributed by atoms with E-state index in [1.165, 1.54) is 11.8 Å². The highest BCUT2D eigenvalue weighted by Gasteiger charge is 2.20. The minimum atomic E-state index is -1.08. The first-order valence-electron chi connectivity index (χ1n) is 7.11. The molecule has 1 amide bonds. The lowest BCUT2D eigenvalue weighted by Gasteiger charge is -2.14. The summed E-state index contributed by atoms with van der Waals surface area (Å²) in [6, 6.07) is 5.58. The number of benzene rings is 1. The molecule has 0 radical (unpaired) electrons. The molecule has 5 nitrogen and oxygen atoms in total. The van der Waals surface area contributed by atoms with Crippen molar-refractivity contribution in [1.82, 2.24) is 5.32 Å². The average molecular weight is 335 g/mol. The zero-order chi connectivity index (χ0) is 17.5. The van der Waals surface area contributed by atoms with Gasteiger partial charge >= 0.3 is 5.97 Å². The third-order valence-electron chi connectivity index (χ3n) is 2.87. The van der Waals surface area contributed by atoms with Crippen LogP contribution in [-0.4, -0.2) is 45.7 Å². The van der Waals surface area contributed by atoms with E-state index in [4.69, 9.17) is 5.11 Å². The van der Waals surface area contributed by atoms with Crippen LogP contribution in [0.25, 0.3) is 0 Å². The molecule has 0 bridgehead atoms. The van der Waals surface area contributed by atoms with E-state index >= 15 is 0 Å². The molecule has 1 aromatic rings. The SMILES string of the molecule is CSCC[C@H](NC(=O)c1ccc(C#CC(C)(C)O)cc1)C(=O)O. The van der Waals surface area contributed by atoms with Crippen LogP contribution in [0.3, 0.4) is 0 Å². The van der Waals surface area contributed by atoms with E-state index in [9.17, 15) is 14.7 Å². The molecule has 0 unspecified atom stereocenters. The minimum Gasteiger partial charge on any atom is -0.480 e. The second-order valence-corrected chi connectivity index (χ2v) is 6.52. The van der Waals surface area contributed by atoms with Gasteiger partial charge in [0.15, 0.2) is 0 Å². The Morgan fingerprint density at radius 2 is 1.91 bits per heavy atom. The van der Waals surface area contributed by atoms with Gasteiger partial charge < -0.3 is 15.5 Å². The van der Waals surface area contributed by atoms with Gasteiger partial charge in [-0.2, -0.15) is 11.8 Å². The highest BCUT2D eigenvalue weighted by molar-refractivity contribution is 7.98. The summed E-state index contributed by atoms with van der Waals surface area (Å²) in [5.74, 6) is 4.67. The fourth-order valence-electron chi connectivity index (χ4n) is 1.66. The predicted octanol–water partition coefficient (Wildman–Crippen LogP) is 1.75. The molecular weight excluding hydrogens is 314 g/mol. The number of hydrogen-bond donors (Lipinski definition) is 3. The molecule has 0 saturated heterocycles. The summed E-state index contributed by atoms with van der Waals surface area (Å²) in [5.41, 5.74) is -0.0442. The fourth-order valence-corrected chi connectivity index (χ4v) is 2.14. The van der Waals surface area contributed by atoms with Crippen LogP contribution in [0.2, 0.25) is 0 Å². The van der Waals surface area contributed by atoms with Crippen molar-refractivity contribution in [2.24, 2.45) is 0 Å². The van der Waals surface area contributed by atoms with E-state index in [2.05, 4.69) is 17.2 Å². The van der Waals surface area contributed by atoms with Gasteiger partial charge in [-0.1, -0.05) is 11.8 Å². The molecule has 0 aliphatic rings. The van der Waals surface area contributed by atoms with Crippen molar-refractivity contribution in [3.05, 3.63) is 35.4 Å². The summed E-state index contributed by atoms with van der Waals surface area (Å²) in [7, 11) is 0. The lowest BCUT2D eigenvalue weighted by molar-refractivity contribution is -0.139. The van der Waals surface area contributed by atoms with Gasteiger partial charge in [0, 0.05) is 11.1 Å². The van der Waals surface area contributed by atoms with Crippen molar-refractivity contribution in [3.8, 4) is 11.8 Å². The number of carboxylic acids is 1. The van der Waals surface area contributed by atoms with E-state index < -0.39 is 23.5 Å². The maximum absolute atomic E-state index is 12.1. The monoisotopic (exact) mass is 335 g/mol. The summed E-state index contributed by atoms with van der Waals surface area (Å²) >= 11 is 1.53. The average Bonchev–Trinajstić information content (AvgIpc) is 2.48. The van der Waals surface area contributed by atoms with E-state index in [-0.39, 0.29) is 0 Å². The molecule has 0 heterocycles. The van der Waals surface area contributed by atoms with Crippen molar-refractivity contribution >= 4 is 23.6 Å². The quantitative estimate of drug-likeness (QED) is 0.690. The molecule has 0 aliphatic heterocycles.